The Morgan fingerprint density at radius 2 is 2.24 bits per heavy atom. The maximum atomic E-state index is 8.97. The molecule has 0 spiro atoms. The molecule has 0 saturated carbocycles. The van der Waals surface area contributed by atoms with Crippen LogP contribution in [0.15, 0.2) is 24.3 Å². The average molecular weight is 228 g/mol. The van der Waals surface area contributed by atoms with Crippen molar-refractivity contribution in [2.45, 2.75) is 45.1 Å². The number of nitriles is 1. The molecule has 0 bridgehead atoms. The summed E-state index contributed by atoms with van der Waals surface area (Å²) in [5.74, 6) is 0. The van der Waals surface area contributed by atoms with E-state index >= 15 is 0 Å². The van der Waals surface area contributed by atoms with E-state index in [-0.39, 0.29) is 0 Å². The highest BCUT2D eigenvalue weighted by Gasteiger charge is 2.19. The van der Waals surface area contributed by atoms with E-state index in [1.807, 2.05) is 18.2 Å². The van der Waals surface area contributed by atoms with Gasteiger partial charge in [-0.15, -0.1) is 0 Å². The molecular formula is C15H20N2. The molecule has 1 atom stereocenters. The van der Waals surface area contributed by atoms with Crippen LogP contribution in [-0.2, 0) is 0 Å². The molecule has 0 aromatic heterocycles. The Morgan fingerprint density at radius 3 is 3.00 bits per heavy atom. The van der Waals surface area contributed by atoms with Gasteiger partial charge in [-0.3, -0.25) is 0 Å². The van der Waals surface area contributed by atoms with E-state index in [0.717, 1.165) is 12.1 Å². The first-order chi connectivity index (χ1) is 8.35. The number of rotatable bonds is 2. The van der Waals surface area contributed by atoms with Gasteiger partial charge >= 0.3 is 0 Å². The molecule has 1 heterocycles. The lowest BCUT2D eigenvalue weighted by atomic mass is 10.1. The van der Waals surface area contributed by atoms with Crippen LogP contribution in [0.2, 0.25) is 0 Å². The fraction of sp³-hybridized carbons (Fsp3) is 0.533. The molecule has 1 aliphatic rings. The molecule has 2 nitrogen and oxygen atoms in total. The summed E-state index contributed by atoms with van der Waals surface area (Å²) in [7, 11) is 0. The van der Waals surface area contributed by atoms with E-state index in [1.165, 1.54) is 37.8 Å². The molecule has 0 N–H and O–H groups in total. The minimum atomic E-state index is 0.645. The van der Waals surface area contributed by atoms with Crippen molar-refractivity contribution in [3.8, 4) is 6.07 Å². The van der Waals surface area contributed by atoms with Gasteiger partial charge in [0.25, 0.3) is 0 Å². The van der Waals surface area contributed by atoms with Gasteiger partial charge in [0.05, 0.1) is 11.6 Å². The molecule has 1 aliphatic heterocycles. The smallest absolute Gasteiger partial charge is 0.0992 e. The average Bonchev–Trinajstić information content (AvgIpc) is 2.63. The summed E-state index contributed by atoms with van der Waals surface area (Å²) in [6.45, 7) is 3.39. The predicted molar refractivity (Wildman–Crippen MR) is 71.1 cm³/mol. The van der Waals surface area contributed by atoms with Crippen LogP contribution in [0.25, 0.3) is 0 Å². The number of anilines is 1. The lowest BCUT2D eigenvalue weighted by Gasteiger charge is -2.31. The Hall–Kier alpha value is -1.49. The first-order valence-corrected chi connectivity index (χ1v) is 6.62. The van der Waals surface area contributed by atoms with Gasteiger partial charge in [-0.1, -0.05) is 25.8 Å². The van der Waals surface area contributed by atoms with Gasteiger partial charge in [-0.25, -0.2) is 0 Å². The maximum Gasteiger partial charge on any atom is 0.0992 e. The van der Waals surface area contributed by atoms with Crippen LogP contribution < -0.4 is 4.90 Å². The van der Waals surface area contributed by atoms with Crippen LogP contribution in [0.1, 0.15) is 44.6 Å². The summed E-state index contributed by atoms with van der Waals surface area (Å²) in [5.41, 5.74) is 1.99. The van der Waals surface area contributed by atoms with Gasteiger partial charge in [-0.2, -0.15) is 5.26 Å². The van der Waals surface area contributed by atoms with Crippen molar-refractivity contribution in [2.75, 3.05) is 11.4 Å². The van der Waals surface area contributed by atoms with Crippen molar-refractivity contribution in [3.05, 3.63) is 29.8 Å². The monoisotopic (exact) mass is 228 g/mol. The topological polar surface area (TPSA) is 27.0 Å². The Bertz CT molecular complexity index is 406. The number of benzene rings is 1. The summed E-state index contributed by atoms with van der Waals surface area (Å²) in [4.78, 5) is 2.49. The number of nitrogens with zero attached hydrogens (tertiary/aromatic N) is 2. The molecule has 1 aromatic carbocycles. The van der Waals surface area contributed by atoms with E-state index in [9.17, 15) is 0 Å². The van der Waals surface area contributed by atoms with Gasteiger partial charge in [0.2, 0.25) is 0 Å². The highest BCUT2D eigenvalue weighted by Crippen LogP contribution is 2.26. The first-order valence-electron chi connectivity index (χ1n) is 6.62. The van der Waals surface area contributed by atoms with Crippen LogP contribution in [-0.4, -0.2) is 12.6 Å². The zero-order chi connectivity index (χ0) is 12.1. The molecule has 2 rings (SSSR count). The zero-order valence-corrected chi connectivity index (χ0v) is 10.5. The molecule has 1 saturated heterocycles. The Kier molecular flexibility index (Phi) is 4.03. The van der Waals surface area contributed by atoms with Crippen LogP contribution in [0.3, 0.4) is 0 Å². The Labute approximate surface area is 104 Å². The van der Waals surface area contributed by atoms with E-state index in [2.05, 4.69) is 24.0 Å². The third-order valence-corrected chi connectivity index (χ3v) is 3.66. The Morgan fingerprint density at radius 1 is 1.35 bits per heavy atom. The molecule has 1 unspecified atom stereocenters. The molecule has 2 heteroatoms. The van der Waals surface area contributed by atoms with Crippen LogP contribution in [0, 0.1) is 11.3 Å². The van der Waals surface area contributed by atoms with Gasteiger partial charge in [0, 0.05) is 18.3 Å². The van der Waals surface area contributed by atoms with Crippen molar-refractivity contribution < 1.29 is 0 Å². The maximum absolute atomic E-state index is 8.97. The first kappa shape index (κ1) is 12.0. The summed E-state index contributed by atoms with van der Waals surface area (Å²) >= 11 is 0. The van der Waals surface area contributed by atoms with Crippen molar-refractivity contribution in [1.82, 2.24) is 0 Å². The fourth-order valence-corrected chi connectivity index (χ4v) is 2.70. The quantitative estimate of drug-likeness (QED) is 0.771. The highest BCUT2D eigenvalue weighted by atomic mass is 15.2. The minimum absolute atomic E-state index is 0.645. The summed E-state index contributed by atoms with van der Waals surface area (Å²) in [5, 5.41) is 8.97. The van der Waals surface area contributed by atoms with Gasteiger partial charge in [0.15, 0.2) is 0 Å². The third-order valence-electron chi connectivity index (χ3n) is 3.66. The molecule has 1 aromatic rings. The third kappa shape index (κ3) is 2.79. The molecule has 0 amide bonds. The molecule has 1 fully saturated rings. The largest absolute Gasteiger partial charge is 0.369 e. The van der Waals surface area contributed by atoms with Crippen molar-refractivity contribution in [2.24, 2.45) is 0 Å². The van der Waals surface area contributed by atoms with Crippen molar-refractivity contribution in [1.29, 1.82) is 5.26 Å². The van der Waals surface area contributed by atoms with Gasteiger partial charge in [0.1, 0.15) is 0 Å². The lowest BCUT2D eigenvalue weighted by molar-refractivity contribution is 0.556. The number of hydrogen-bond acceptors (Lipinski definition) is 2. The molecule has 90 valence electrons. The van der Waals surface area contributed by atoms with Crippen LogP contribution >= 0.6 is 0 Å². The van der Waals surface area contributed by atoms with Gasteiger partial charge < -0.3 is 4.90 Å². The summed E-state index contributed by atoms with van der Waals surface area (Å²) < 4.78 is 0. The van der Waals surface area contributed by atoms with E-state index in [4.69, 9.17) is 5.26 Å². The molecular weight excluding hydrogens is 208 g/mol. The standard InChI is InChI=1S/C15H20N2/c1-2-14-8-4-3-5-10-17(14)15-9-6-7-13(11-15)12-16/h6-7,9,11,14H,2-5,8,10H2,1H3. The second kappa shape index (κ2) is 5.72. The van der Waals surface area contributed by atoms with Gasteiger partial charge in [-0.05, 0) is 37.5 Å². The predicted octanol–water partition coefficient (Wildman–Crippen LogP) is 3.72. The Balaban J connectivity index is 2.25. The molecule has 0 radical (unpaired) electrons. The lowest BCUT2D eigenvalue weighted by Crippen LogP contribution is -2.34. The summed E-state index contributed by atoms with van der Waals surface area (Å²) in [6, 6.07) is 10.9. The minimum Gasteiger partial charge on any atom is -0.369 e. The van der Waals surface area contributed by atoms with Crippen molar-refractivity contribution >= 4 is 5.69 Å². The fourth-order valence-electron chi connectivity index (χ4n) is 2.70. The van der Waals surface area contributed by atoms with E-state index < -0.39 is 0 Å². The SMILES string of the molecule is CCC1CCCCCN1c1cccc(C#N)c1. The summed E-state index contributed by atoms with van der Waals surface area (Å²) in [6.07, 6.45) is 6.43. The van der Waals surface area contributed by atoms with Crippen molar-refractivity contribution in [3.63, 3.8) is 0 Å². The van der Waals surface area contributed by atoms with E-state index in [0.29, 0.717) is 6.04 Å². The highest BCUT2D eigenvalue weighted by molar-refractivity contribution is 5.52. The second-order valence-electron chi connectivity index (χ2n) is 4.77. The molecule has 17 heavy (non-hydrogen) atoms. The zero-order valence-electron chi connectivity index (χ0n) is 10.5. The molecule has 0 aliphatic carbocycles. The van der Waals surface area contributed by atoms with Crippen LogP contribution in [0.5, 0.6) is 0 Å². The van der Waals surface area contributed by atoms with E-state index in [1.54, 1.807) is 0 Å². The second-order valence-corrected chi connectivity index (χ2v) is 4.77. The van der Waals surface area contributed by atoms with Crippen LogP contribution in [0.4, 0.5) is 5.69 Å². The number of hydrogen-bond donors (Lipinski definition) is 0. The normalized spacial score (nSPS) is 20.7.